The molecule has 2 aromatic rings. The Morgan fingerprint density at radius 1 is 1.41 bits per heavy atom. The van der Waals surface area contributed by atoms with Gasteiger partial charge in [0.1, 0.15) is 5.82 Å². The lowest BCUT2D eigenvalue weighted by Gasteiger charge is -2.13. The van der Waals surface area contributed by atoms with Crippen molar-refractivity contribution >= 4 is 5.91 Å². The van der Waals surface area contributed by atoms with Crippen LogP contribution in [0.15, 0.2) is 27.8 Å². The van der Waals surface area contributed by atoms with Gasteiger partial charge in [0.2, 0.25) is 5.69 Å². The van der Waals surface area contributed by atoms with E-state index in [1.54, 1.807) is 13.8 Å². The highest BCUT2D eigenvalue weighted by Gasteiger charge is 2.22. The lowest BCUT2D eigenvalue weighted by atomic mass is 10.2. The van der Waals surface area contributed by atoms with E-state index in [9.17, 15) is 18.8 Å². The number of carbonyl (C=O) groups excluding carboxylic acids is 1. The van der Waals surface area contributed by atoms with Crippen molar-refractivity contribution in [3.8, 4) is 5.69 Å². The number of nitrogens with one attached hydrogen (secondary N) is 1. The van der Waals surface area contributed by atoms with E-state index in [0.717, 1.165) is 28.2 Å². The maximum absolute atomic E-state index is 13.9. The average molecular weight is 376 g/mol. The lowest BCUT2D eigenvalue weighted by molar-refractivity contribution is 0.0849. The summed E-state index contributed by atoms with van der Waals surface area (Å²) >= 11 is 0. The largest absolute Gasteiger partial charge is 0.376 e. The Morgan fingerprint density at radius 2 is 2.19 bits per heavy atom. The van der Waals surface area contributed by atoms with Crippen LogP contribution in [0.5, 0.6) is 0 Å². The van der Waals surface area contributed by atoms with Crippen molar-refractivity contribution in [1.29, 1.82) is 0 Å². The van der Waals surface area contributed by atoms with E-state index in [0.29, 0.717) is 12.2 Å². The van der Waals surface area contributed by atoms with Gasteiger partial charge in [0, 0.05) is 25.8 Å². The van der Waals surface area contributed by atoms with Gasteiger partial charge in [0.25, 0.3) is 11.5 Å². The van der Waals surface area contributed by atoms with Gasteiger partial charge >= 0.3 is 5.69 Å². The van der Waals surface area contributed by atoms with Gasteiger partial charge in [0.05, 0.1) is 11.8 Å². The van der Waals surface area contributed by atoms with Crippen LogP contribution in [0.4, 0.5) is 4.39 Å². The second kappa shape index (κ2) is 7.83. The molecule has 0 radical (unpaired) electrons. The van der Waals surface area contributed by atoms with E-state index in [4.69, 9.17) is 4.74 Å². The Kier molecular flexibility index (Phi) is 5.50. The number of aromatic nitrogens is 3. The van der Waals surface area contributed by atoms with E-state index < -0.39 is 28.7 Å². The van der Waals surface area contributed by atoms with Crippen LogP contribution in [0.1, 0.15) is 35.8 Å². The van der Waals surface area contributed by atoms with Crippen LogP contribution in [-0.4, -0.2) is 39.5 Å². The number of amides is 1. The summed E-state index contributed by atoms with van der Waals surface area (Å²) in [6, 6.07) is 4.14. The first kappa shape index (κ1) is 19.0. The minimum Gasteiger partial charge on any atom is -0.376 e. The summed E-state index contributed by atoms with van der Waals surface area (Å²) in [5, 5.41) is 6.54. The maximum Gasteiger partial charge on any atom is 0.352 e. The molecule has 0 aliphatic carbocycles. The zero-order valence-corrected chi connectivity index (χ0v) is 15.2. The third kappa shape index (κ3) is 3.82. The number of benzene rings is 1. The molecule has 144 valence electrons. The van der Waals surface area contributed by atoms with Crippen molar-refractivity contribution in [2.45, 2.75) is 39.3 Å². The summed E-state index contributed by atoms with van der Waals surface area (Å²) in [5.74, 6) is -1.21. The topological polar surface area (TPSA) is 95.2 Å². The number of ether oxygens (including phenoxy) is 1. The van der Waals surface area contributed by atoms with Crippen LogP contribution in [-0.2, 0) is 11.3 Å². The molecule has 1 fully saturated rings. The first-order valence-electron chi connectivity index (χ1n) is 8.83. The molecule has 1 atom stereocenters. The standard InChI is InChI=1S/C18H21FN4O4/c1-3-22-17(25)15(16(24)20-10-13-5-4-8-27-13)21-23(18(22)26)12-7-6-11(2)14(19)9-12/h6-7,9,13H,3-5,8,10H2,1-2H3,(H,20,24). The molecule has 1 aliphatic heterocycles. The van der Waals surface area contributed by atoms with Gasteiger partial charge in [-0.15, -0.1) is 0 Å². The molecule has 1 amide bonds. The predicted molar refractivity (Wildman–Crippen MR) is 95.8 cm³/mol. The van der Waals surface area contributed by atoms with Crippen molar-refractivity contribution in [2.75, 3.05) is 13.2 Å². The Balaban J connectivity index is 2.00. The van der Waals surface area contributed by atoms with Crippen LogP contribution in [0.2, 0.25) is 0 Å². The number of aryl methyl sites for hydroxylation is 1. The van der Waals surface area contributed by atoms with Gasteiger partial charge in [-0.05, 0) is 38.3 Å². The van der Waals surface area contributed by atoms with Crippen molar-refractivity contribution in [3.63, 3.8) is 0 Å². The molecule has 3 rings (SSSR count). The van der Waals surface area contributed by atoms with Crippen LogP contribution in [0.3, 0.4) is 0 Å². The molecule has 1 saturated heterocycles. The molecule has 27 heavy (non-hydrogen) atoms. The Bertz CT molecular complexity index is 976. The predicted octanol–water partition coefficient (Wildman–Crippen LogP) is 0.770. The van der Waals surface area contributed by atoms with Crippen LogP contribution < -0.4 is 16.6 Å². The molecule has 8 nitrogen and oxygen atoms in total. The van der Waals surface area contributed by atoms with Gasteiger partial charge in [-0.25, -0.2) is 9.18 Å². The van der Waals surface area contributed by atoms with E-state index >= 15 is 0 Å². The lowest BCUT2D eigenvalue weighted by Crippen LogP contribution is -2.46. The summed E-state index contributed by atoms with van der Waals surface area (Å²) in [6.45, 7) is 4.15. The molecule has 2 heterocycles. The Hall–Kier alpha value is -2.81. The van der Waals surface area contributed by atoms with Gasteiger partial charge in [0.15, 0.2) is 0 Å². The molecule has 1 aliphatic rings. The number of hydrogen-bond donors (Lipinski definition) is 1. The highest BCUT2D eigenvalue weighted by atomic mass is 19.1. The summed E-state index contributed by atoms with van der Waals surface area (Å²) in [4.78, 5) is 37.5. The molecule has 1 aromatic carbocycles. The molecule has 0 saturated carbocycles. The molecule has 1 aromatic heterocycles. The minimum absolute atomic E-state index is 0.0561. The third-order valence-corrected chi connectivity index (χ3v) is 4.51. The van der Waals surface area contributed by atoms with Crippen LogP contribution in [0.25, 0.3) is 5.69 Å². The zero-order chi connectivity index (χ0) is 19.6. The normalized spacial score (nSPS) is 16.5. The van der Waals surface area contributed by atoms with Gasteiger partial charge in [-0.2, -0.15) is 9.78 Å². The number of hydrogen-bond acceptors (Lipinski definition) is 5. The van der Waals surface area contributed by atoms with E-state index in [2.05, 4.69) is 10.4 Å². The summed E-state index contributed by atoms with van der Waals surface area (Å²) in [5.41, 5.74) is -1.39. The highest BCUT2D eigenvalue weighted by Crippen LogP contribution is 2.12. The molecular weight excluding hydrogens is 355 g/mol. The van der Waals surface area contributed by atoms with Gasteiger partial charge < -0.3 is 10.1 Å². The van der Waals surface area contributed by atoms with Gasteiger partial charge in [-0.3, -0.25) is 14.2 Å². The monoisotopic (exact) mass is 376 g/mol. The number of nitrogens with zero attached hydrogens (tertiary/aromatic N) is 3. The Morgan fingerprint density at radius 3 is 2.81 bits per heavy atom. The van der Waals surface area contributed by atoms with Crippen LogP contribution >= 0.6 is 0 Å². The summed E-state index contributed by atoms with van der Waals surface area (Å²) < 4.78 is 21.1. The SMILES string of the molecule is CCn1c(=O)c(C(=O)NCC2CCCO2)nn(-c2ccc(C)c(F)c2)c1=O. The molecule has 9 heteroatoms. The van der Waals surface area contributed by atoms with E-state index in [1.807, 2.05) is 0 Å². The Labute approximate surface area is 154 Å². The number of rotatable bonds is 5. The second-order valence-electron chi connectivity index (χ2n) is 6.37. The average Bonchev–Trinajstić information content (AvgIpc) is 3.16. The van der Waals surface area contributed by atoms with Crippen LogP contribution in [0, 0.1) is 12.7 Å². The quantitative estimate of drug-likeness (QED) is 0.832. The van der Waals surface area contributed by atoms with Gasteiger partial charge in [-0.1, -0.05) is 6.07 Å². The summed E-state index contributed by atoms with van der Waals surface area (Å²) in [7, 11) is 0. The molecule has 0 bridgehead atoms. The molecule has 1 N–H and O–H groups in total. The first-order chi connectivity index (χ1) is 12.9. The van der Waals surface area contributed by atoms with Crippen molar-refractivity contribution in [3.05, 3.63) is 56.1 Å². The van der Waals surface area contributed by atoms with E-state index in [-0.39, 0.29) is 24.9 Å². The fourth-order valence-electron chi connectivity index (χ4n) is 2.91. The smallest absolute Gasteiger partial charge is 0.352 e. The number of halogens is 1. The molecule has 1 unspecified atom stereocenters. The molecular formula is C18H21FN4O4. The van der Waals surface area contributed by atoms with Crippen molar-refractivity contribution < 1.29 is 13.9 Å². The minimum atomic E-state index is -0.781. The van der Waals surface area contributed by atoms with Crippen molar-refractivity contribution in [1.82, 2.24) is 19.7 Å². The van der Waals surface area contributed by atoms with Crippen molar-refractivity contribution in [2.24, 2.45) is 0 Å². The second-order valence-corrected chi connectivity index (χ2v) is 6.37. The first-order valence-corrected chi connectivity index (χ1v) is 8.83. The third-order valence-electron chi connectivity index (χ3n) is 4.51. The zero-order valence-electron chi connectivity index (χ0n) is 15.2. The van der Waals surface area contributed by atoms with E-state index in [1.165, 1.54) is 12.1 Å². The summed E-state index contributed by atoms with van der Waals surface area (Å²) in [6.07, 6.45) is 1.65. The maximum atomic E-state index is 13.9. The highest BCUT2D eigenvalue weighted by molar-refractivity contribution is 5.91. The molecule has 0 spiro atoms. The fraction of sp³-hybridized carbons (Fsp3) is 0.444. The fourth-order valence-corrected chi connectivity index (χ4v) is 2.91. The number of carbonyl (C=O) groups is 1.